The molecule has 4 aromatic rings. The fourth-order valence-electron chi connectivity index (χ4n) is 4.70. The van der Waals surface area contributed by atoms with E-state index in [0.29, 0.717) is 62.9 Å². The van der Waals surface area contributed by atoms with Gasteiger partial charge in [-0.05, 0) is 37.3 Å². The fraction of sp³-hybridized carbons (Fsp3) is 0.207. The number of phenolic OH excluding ortho intramolecular Hbond substituents is 1. The Kier molecular flexibility index (Phi) is 7.19. The van der Waals surface area contributed by atoms with Crippen molar-refractivity contribution in [3.8, 4) is 40.1 Å². The number of carbonyl (C=O) groups excluding carboxylic acids is 1. The van der Waals surface area contributed by atoms with Crippen LogP contribution in [0.1, 0.15) is 18.5 Å². The number of ether oxygens (including phenoxy) is 4. The molecule has 0 saturated heterocycles. The molecule has 11 nitrogen and oxygen atoms in total. The number of aromatic nitrogens is 3. The van der Waals surface area contributed by atoms with Gasteiger partial charge in [0.05, 0.1) is 39.7 Å². The summed E-state index contributed by atoms with van der Waals surface area (Å²) < 4.78 is 23.9. The minimum absolute atomic E-state index is 0.0857. The van der Waals surface area contributed by atoms with Gasteiger partial charge in [0.1, 0.15) is 23.3 Å². The van der Waals surface area contributed by atoms with Gasteiger partial charge in [-0.2, -0.15) is 4.98 Å². The second-order valence-corrected chi connectivity index (χ2v) is 8.92. The smallest absolute Gasteiger partial charge is 0.255 e. The molecule has 3 aromatic carbocycles. The minimum Gasteiger partial charge on any atom is -0.508 e. The normalized spacial score (nSPS) is 14.2. The van der Waals surface area contributed by atoms with Crippen molar-refractivity contribution in [3.05, 3.63) is 77.5 Å². The van der Waals surface area contributed by atoms with Crippen LogP contribution >= 0.6 is 0 Å². The quantitative estimate of drug-likeness (QED) is 0.292. The van der Waals surface area contributed by atoms with Gasteiger partial charge in [-0.15, -0.1) is 5.10 Å². The molecule has 0 bridgehead atoms. The fourth-order valence-corrected chi connectivity index (χ4v) is 4.70. The van der Waals surface area contributed by atoms with E-state index in [1.165, 1.54) is 21.3 Å². The van der Waals surface area contributed by atoms with Crippen molar-refractivity contribution in [1.82, 2.24) is 14.8 Å². The Bertz CT molecular complexity index is 1610. The summed E-state index contributed by atoms with van der Waals surface area (Å²) in [6, 6.07) is 16.5. The number of nitrogens with one attached hydrogen (secondary N) is 2. The third-order valence-electron chi connectivity index (χ3n) is 6.59. The monoisotopic (exact) mass is 543 g/mol. The van der Waals surface area contributed by atoms with Crippen molar-refractivity contribution < 1.29 is 28.8 Å². The first kappa shape index (κ1) is 26.4. The number of allylic oxidation sites excluding steroid dienone is 1. The van der Waals surface area contributed by atoms with Gasteiger partial charge in [0.15, 0.2) is 17.3 Å². The van der Waals surface area contributed by atoms with Crippen molar-refractivity contribution in [1.29, 1.82) is 0 Å². The zero-order chi connectivity index (χ0) is 28.4. The Morgan fingerprint density at radius 1 is 0.900 bits per heavy atom. The van der Waals surface area contributed by atoms with Crippen molar-refractivity contribution in [2.45, 2.75) is 13.0 Å². The van der Waals surface area contributed by atoms with Crippen LogP contribution in [0.25, 0.3) is 11.4 Å². The van der Waals surface area contributed by atoms with Crippen molar-refractivity contribution >= 4 is 17.5 Å². The second-order valence-electron chi connectivity index (χ2n) is 8.92. The molecule has 5 rings (SSSR count). The Labute approximate surface area is 231 Å². The Hall–Kier alpha value is -5.19. The SMILES string of the molecule is COc1ccccc1NC(=O)C1=C(C)Nc2nc(-c3cccc(O)c3)nn2C1c1cc(OC)c(OC)cc1OC. The van der Waals surface area contributed by atoms with E-state index in [2.05, 4.69) is 15.6 Å². The molecule has 0 saturated carbocycles. The average molecular weight is 544 g/mol. The number of hydrogen-bond donors (Lipinski definition) is 3. The highest BCUT2D eigenvalue weighted by atomic mass is 16.5. The molecule has 0 fully saturated rings. The van der Waals surface area contributed by atoms with E-state index in [9.17, 15) is 9.90 Å². The van der Waals surface area contributed by atoms with Crippen LogP contribution in [0.2, 0.25) is 0 Å². The maximum atomic E-state index is 14.0. The summed E-state index contributed by atoms with van der Waals surface area (Å²) in [5, 5.41) is 21.0. The van der Waals surface area contributed by atoms with E-state index < -0.39 is 6.04 Å². The minimum atomic E-state index is -0.778. The number of amides is 1. The third-order valence-corrected chi connectivity index (χ3v) is 6.59. The molecule has 1 aliphatic rings. The number of nitrogens with zero attached hydrogens (tertiary/aromatic N) is 3. The first-order chi connectivity index (χ1) is 19.4. The molecule has 40 heavy (non-hydrogen) atoms. The van der Waals surface area contributed by atoms with Crippen LogP contribution in [0.15, 0.2) is 71.9 Å². The molecule has 1 unspecified atom stereocenters. The molecule has 3 N–H and O–H groups in total. The number of hydrogen-bond acceptors (Lipinski definition) is 9. The van der Waals surface area contributed by atoms with Gasteiger partial charge in [-0.1, -0.05) is 24.3 Å². The van der Waals surface area contributed by atoms with Crippen molar-refractivity contribution in [2.75, 3.05) is 39.1 Å². The zero-order valence-electron chi connectivity index (χ0n) is 22.7. The van der Waals surface area contributed by atoms with Crippen LogP contribution < -0.4 is 29.6 Å². The average Bonchev–Trinajstić information content (AvgIpc) is 3.39. The van der Waals surface area contributed by atoms with Crippen molar-refractivity contribution in [3.63, 3.8) is 0 Å². The lowest BCUT2D eigenvalue weighted by Gasteiger charge is -2.30. The molecule has 0 aliphatic carbocycles. The number of anilines is 2. The molecule has 1 atom stereocenters. The molecule has 1 aromatic heterocycles. The van der Waals surface area contributed by atoms with Crippen LogP contribution in [0.5, 0.6) is 28.7 Å². The molecular weight excluding hydrogens is 514 g/mol. The van der Waals surface area contributed by atoms with Crippen LogP contribution in [-0.2, 0) is 4.79 Å². The lowest BCUT2D eigenvalue weighted by atomic mass is 9.93. The van der Waals surface area contributed by atoms with Gasteiger partial charge in [-0.3, -0.25) is 4.79 Å². The lowest BCUT2D eigenvalue weighted by molar-refractivity contribution is -0.113. The molecule has 0 radical (unpaired) electrons. The number of rotatable bonds is 8. The zero-order valence-corrected chi connectivity index (χ0v) is 22.7. The van der Waals surface area contributed by atoms with E-state index >= 15 is 0 Å². The number of phenols is 1. The van der Waals surface area contributed by atoms with Crippen LogP contribution in [-0.4, -0.2) is 54.2 Å². The summed E-state index contributed by atoms with van der Waals surface area (Å²) >= 11 is 0. The molecule has 11 heteroatoms. The van der Waals surface area contributed by atoms with Gasteiger partial charge in [0.25, 0.3) is 5.91 Å². The summed E-state index contributed by atoms with van der Waals surface area (Å²) in [4.78, 5) is 18.7. The van der Waals surface area contributed by atoms with Crippen LogP contribution in [0.4, 0.5) is 11.6 Å². The van der Waals surface area contributed by atoms with E-state index in [-0.39, 0.29) is 11.7 Å². The molecule has 2 heterocycles. The van der Waals surface area contributed by atoms with E-state index in [1.807, 2.05) is 12.1 Å². The van der Waals surface area contributed by atoms with Gasteiger partial charge in [0, 0.05) is 22.9 Å². The second kappa shape index (κ2) is 10.9. The number of fused-ring (bicyclic) bond motifs is 1. The van der Waals surface area contributed by atoms with Gasteiger partial charge < -0.3 is 34.7 Å². The summed E-state index contributed by atoms with van der Waals surface area (Å²) in [6.45, 7) is 1.80. The summed E-state index contributed by atoms with van der Waals surface area (Å²) in [7, 11) is 6.15. The molecule has 206 valence electrons. The predicted octanol–water partition coefficient (Wildman–Crippen LogP) is 4.61. The van der Waals surface area contributed by atoms with Crippen LogP contribution in [0.3, 0.4) is 0 Å². The van der Waals surface area contributed by atoms with Gasteiger partial charge in [-0.25, -0.2) is 4.68 Å². The third kappa shape index (κ3) is 4.73. The topological polar surface area (TPSA) is 129 Å². The molecule has 1 amide bonds. The number of benzene rings is 3. The highest BCUT2D eigenvalue weighted by Crippen LogP contribution is 2.44. The predicted molar refractivity (Wildman–Crippen MR) is 149 cm³/mol. The van der Waals surface area contributed by atoms with Crippen LogP contribution in [0, 0.1) is 0 Å². The summed E-state index contributed by atoms with van der Waals surface area (Å²) in [5.74, 6) is 2.38. The Balaban J connectivity index is 1.69. The largest absolute Gasteiger partial charge is 0.508 e. The first-order valence-corrected chi connectivity index (χ1v) is 12.4. The molecule has 1 aliphatic heterocycles. The number of aromatic hydroxyl groups is 1. The maximum absolute atomic E-state index is 14.0. The van der Waals surface area contributed by atoms with E-state index in [1.54, 1.807) is 67.2 Å². The highest BCUT2D eigenvalue weighted by molar-refractivity contribution is 6.06. The number of carbonyl (C=O) groups is 1. The number of para-hydroxylation sites is 2. The summed E-state index contributed by atoms with van der Waals surface area (Å²) in [5.41, 5.74) is 2.66. The Morgan fingerprint density at radius 3 is 2.30 bits per heavy atom. The Morgan fingerprint density at radius 2 is 1.60 bits per heavy atom. The maximum Gasteiger partial charge on any atom is 0.255 e. The summed E-state index contributed by atoms with van der Waals surface area (Å²) in [6.07, 6.45) is 0. The first-order valence-electron chi connectivity index (χ1n) is 12.4. The van der Waals surface area contributed by atoms with E-state index in [0.717, 1.165) is 0 Å². The number of methoxy groups -OCH3 is 4. The molecule has 0 spiro atoms. The standard InChI is InChI=1S/C29H29N5O6/c1-16-25(28(36)31-20-11-6-7-12-21(20)37-2)26(19-14-23(39-4)24(40-5)15-22(19)38-3)34-29(30-16)32-27(33-34)17-9-8-10-18(35)13-17/h6-15,26,35H,1-5H3,(H,31,36)(H,30,32,33). The van der Waals surface area contributed by atoms with Gasteiger partial charge in [0.2, 0.25) is 5.95 Å². The lowest BCUT2D eigenvalue weighted by Crippen LogP contribution is -2.32. The molecular formula is C29H29N5O6. The van der Waals surface area contributed by atoms with Crippen molar-refractivity contribution in [2.24, 2.45) is 0 Å². The highest BCUT2D eigenvalue weighted by Gasteiger charge is 2.37. The van der Waals surface area contributed by atoms with E-state index in [4.69, 9.17) is 24.0 Å². The van der Waals surface area contributed by atoms with Gasteiger partial charge >= 0.3 is 0 Å².